The highest BCUT2D eigenvalue weighted by molar-refractivity contribution is 7.19. The van der Waals surface area contributed by atoms with Crippen LogP contribution in [0.3, 0.4) is 0 Å². The van der Waals surface area contributed by atoms with Gasteiger partial charge in [0.05, 0.1) is 9.88 Å². The van der Waals surface area contributed by atoms with E-state index >= 15 is 0 Å². The molecule has 1 amide bonds. The number of carboxylic acid groups (broad SMARTS) is 1. The van der Waals surface area contributed by atoms with E-state index in [0.29, 0.717) is 11.3 Å². The highest BCUT2D eigenvalue weighted by atomic mass is 32.1. The second kappa shape index (κ2) is 4.77. The molecule has 0 saturated heterocycles. The van der Waals surface area contributed by atoms with Gasteiger partial charge in [0.1, 0.15) is 0 Å². The van der Waals surface area contributed by atoms with E-state index < -0.39 is 23.8 Å². The van der Waals surface area contributed by atoms with Crippen molar-refractivity contribution >= 4 is 34.0 Å². The van der Waals surface area contributed by atoms with Crippen LogP contribution < -0.4 is 5.32 Å². The molecule has 0 aliphatic rings. The van der Waals surface area contributed by atoms with Crippen molar-refractivity contribution in [2.24, 2.45) is 0 Å². The molecule has 0 unspecified atom stereocenters. The summed E-state index contributed by atoms with van der Waals surface area (Å²) in [4.78, 5) is 32.0. The SMILES string of the molecule is Cc1cc(NC(=O)C(F)(F)F)sc1C(=O)C(=O)O. The van der Waals surface area contributed by atoms with Crippen LogP contribution in [-0.4, -0.2) is 28.9 Å². The number of nitrogens with one attached hydrogen (secondary N) is 1. The number of anilines is 1. The summed E-state index contributed by atoms with van der Waals surface area (Å²) in [7, 11) is 0. The maximum Gasteiger partial charge on any atom is 0.471 e. The molecule has 1 rings (SSSR count). The number of amides is 1. The molecule has 0 aliphatic carbocycles. The normalized spacial score (nSPS) is 11.1. The van der Waals surface area contributed by atoms with Crippen LogP contribution in [-0.2, 0) is 9.59 Å². The zero-order chi connectivity index (χ0) is 14.1. The predicted molar refractivity (Wildman–Crippen MR) is 55.7 cm³/mol. The first-order chi connectivity index (χ1) is 8.12. The fraction of sp³-hybridized carbons (Fsp3) is 0.222. The zero-order valence-corrected chi connectivity index (χ0v) is 9.61. The van der Waals surface area contributed by atoms with Gasteiger partial charge >= 0.3 is 18.1 Å². The maximum absolute atomic E-state index is 12.0. The van der Waals surface area contributed by atoms with Crippen LogP contribution >= 0.6 is 11.3 Å². The van der Waals surface area contributed by atoms with Gasteiger partial charge in [-0.1, -0.05) is 0 Å². The van der Waals surface area contributed by atoms with Crippen LogP contribution in [0.15, 0.2) is 6.07 Å². The van der Waals surface area contributed by atoms with E-state index in [9.17, 15) is 27.6 Å². The summed E-state index contributed by atoms with van der Waals surface area (Å²) in [5, 5.41) is 9.78. The molecule has 0 fully saturated rings. The summed E-state index contributed by atoms with van der Waals surface area (Å²) in [6, 6.07) is 1.10. The number of carbonyl (C=O) groups excluding carboxylic acids is 2. The number of alkyl halides is 3. The fourth-order valence-electron chi connectivity index (χ4n) is 1.05. The van der Waals surface area contributed by atoms with Gasteiger partial charge in [-0.2, -0.15) is 13.2 Å². The molecule has 5 nitrogen and oxygen atoms in total. The number of hydrogen-bond donors (Lipinski definition) is 2. The third-order valence-electron chi connectivity index (χ3n) is 1.81. The van der Waals surface area contributed by atoms with E-state index in [1.54, 1.807) is 5.32 Å². The molecule has 98 valence electrons. The second-order valence-corrected chi connectivity index (χ2v) is 4.26. The summed E-state index contributed by atoms with van der Waals surface area (Å²) in [5.74, 6) is -5.13. The van der Waals surface area contributed by atoms with Gasteiger partial charge < -0.3 is 10.4 Å². The molecular formula is C9H6F3NO4S. The molecule has 0 saturated carbocycles. The van der Waals surface area contributed by atoms with Crippen molar-refractivity contribution in [3.8, 4) is 0 Å². The summed E-state index contributed by atoms with van der Waals surface area (Å²) >= 11 is 0.478. The highest BCUT2D eigenvalue weighted by Gasteiger charge is 2.39. The Kier molecular flexibility index (Phi) is 3.75. The van der Waals surface area contributed by atoms with Crippen LogP contribution in [0.5, 0.6) is 0 Å². The van der Waals surface area contributed by atoms with E-state index in [-0.39, 0.29) is 15.4 Å². The van der Waals surface area contributed by atoms with Gasteiger partial charge in [0, 0.05) is 0 Å². The molecule has 18 heavy (non-hydrogen) atoms. The van der Waals surface area contributed by atoms with E-state index in [4.69, 9.17) is 5.11 Å². The number of carbonyl (C=O) groups is 3. The standard InChI is InChI=1S/C9H6F3NO4S/c1-3-2-4(13-8(17)9(10,11)12)18-6(3)5(14)7(15)16/h2H,1H3,(H,13,17)(H,15,16). The molecule has 0 bridgehead atoms. The van der Waals surface area contributed by atoms with Crippen molar-refractivity contribution in [2.45, 2.75) is 13.1 Å². The van der Waals surface area contributed by atoms with Gasteiger partial charge in [0.15, 0.2) is 0 Å². The number of Topliss-reactive ketones (excluding diaryl/α,β-unsaturated/α-hetero) is 1. The molecule has 0 aliphatic heterocycles. The molecular weight excluding hydrogens is 275 g/mol. The summed E-state index contributed by atoms with van der Waals surface area (Å²) in [6.07, 6.45) is -5.05. The molecule has 0 atom stereocenters. The molecule has 0 radical (unpaired) electrons. The van der Waals surface area contributed by atoms with Crippen LogP contribution in [0.1, 0.15) is 15.2 Å². The van der Waals surface area contributed by atoms with E-state index in [1.807, 2.05) is 0 Å². The smallest absolute Gasteiger partial charge is 0.471 e. The first-order valence-corrected chi connectivity index (χ1v) is 5.21. The Morgan fingerprint density at radius 1 is 1.33 bits per heavy atom. The van der Waals surface area contributed by atoms with Crippen LogP contribution in [0.25, 0.3) is 0 Å². The molecule has 1 aromatic rings. The highest BCUT2D eigenvalue weighted by Crippen LogP contribution is 2.28. The van der Waals surface area contributed by atoms with E-state index in [1.165, 1.54) is 6.92 Å². The average molecular weight is 281 g/mol. The first-order valence-electron chi connectivity index (χ1n) is 4.39. The van der Waals surface area contributed by atoms with Gasteiger partial charge in [0.25, 0.3) is 5.78 Å². The Morgan fingerprint density at radius 2 is 1.89 bits per heavy atom. The number of hydrogen-bond acceptors (Lipinski definition) is 4. The Labute approximate surface area is 102 Å². The van der Waals surface area contributed by atoms with Crippen molar-refractivity contribution in [3.05, 3.63) is 16.5 Å². The molecule has 0 spiro atoms. The summed E-state index contributed by atoms with van der Waals surface area (Å²) < 4.78 is 35.9. The van der Waals surface area contributed by atoms with E-state index in [2.05, 4.69) is 0 Å². The van der Waals surface area contributed by atoms with Crippen molar-refractivity contribution in [3.63, 3.8) is 0 Å². The maximum atomic E-state index is 12.0. The third kappa shape index (κ3) is 3.06. The number of aryl methyl sites for hydroxylation is 1. The van der Waals surface area contributed by atoms with Crippen molar-refractivity contribution in [1.82, 2.24) is 0 Å². The van der Waals surface area contributed by atoms with Crippen LogP contribution in [0.4, 0.5) is 18.2 Å². The number of halogens is 3. The fourth-order valence-corrected chi connectivity index (χ4v) is 2.05. The van der Waals surface area contributed by atoms with E-state index in [0.717, 1.165) is 6.07 Å². The van der Waals surface area contributed by atoms with Crippen LogP contribution in [0, 0.1) is 6.92 Å². The number of thiophene rings is 1. The van der Waals surface area contributed by atoms with Gasteiger partial charge in [-0.25, -0.2) is 4.79 Å². The Balaban J connectivity index is 2.96. The van der Waals surface area contributed by atoms with Gasteiger partial charge in [-0.3, -0.25) is 9.59 Å². The molecule has 9 heteroatoms. The Morgan fingerprint density at radius 3 is 2.33 bits per heavy atom. The lowest BCUT2D eigenvalue weighted by Crippen LogP contribution is -2.29. The number of ketones is 1. The van der Waals surface area contributed by atoms with Crippen LogP contribution in [0.2, 0.25) is 0 Å². The first kappa shape index (κ1) is 14.2. The Bertz CT molecular complexity index is 520. The zero-order valence-electron chi connectivity index (χ0n) is 8.79. The number of rotatable bonds is 3. The summed E-state index contributed by atoms with van der Waals surface area (Å²) in [5.41, 5.74) is 0.185. The lowest BCUT2D eigenvalue weighted by Gasteiger charge is -2.04. The Hall–Kier alpha value is -1.90. The molecule has 0 aromatic carbocycles. The second-order valence-electron chi connectivity index (χ2n) is 3.21. The van der Waals surface area contributed by atoms with Crippen molar-refractivity contribution in [2.75, 3.05) is 5.32 Å². The minimum atomic E-state index is -5.05. The molecule has 1 heterocycles. The minimum Gasteiger partial charge on any atom is -0.475 e. The van der Waals surface area contributed by atoms with Gasteiger partial charge in [-0.05, 0) is 18.6 Å². The average Bonchev–Trinajstić information content (AvgIpc) is 2.56. The van der Waals surface area contributed by atoms with Crippen molar-refractivity contribution < 1.29 is 32.7 Å². The summed E-state index contributed by atoms with van der Waals surface area (Å²) in [6.45, 7) is 1.36. The molecule has 1 aromatic heterocycles. The number of aliphatic carboxylic acids is 1. The topological polar surface area (TPSA) is 83.5 Å². The molecule has 2 N–H and O–H groups in total. The monoisotopic (exact) mass is 281 g/mol. The van der Waals surface area contributed by atoms with Crippen molar-refractivity contribution in [1.29, 1.82) is 0 Å². The third-order valence-corrected chi connectivity index (χ3v) is 2.96. The predicted octanol–water partition coefficient (Wildman–Crippen LogP) is 1.82. The van der Waals surface area contributed by atoms with Gasteiger partial charge in [0.2, 0.25) is 0 Å². The lowest BCUT2D eigenvalue weighted by atomic mass is 10.2. The van der Waals surface area contributed by atoms with Gasteiger partial charge in [-0.15, -0.1) is 11.3 Å². The number of carboxylic acids is 1. The lowest BCUT2D eigenvalue weighted by molar-refractivity contribution is -0.167. The minimum absolute atomic E-state index is 0.185. The quantitative estimate of drug-likeness (QED) is 0.654. The largest absolute Gasteiger partial charge is 0.475 e.